The van der Waals surface area contributed by atoms with Gasteiger partial charge in [0.1, 0.15) is 0 Å². The van der Waals surface area contributed by atoms with Crippen molar-refractivity contribution >= 4 is 27.9 Å². The molecule has 0 radical (unpaired) electrons. The van der Waals surface area contributed by atoms with Gasteiger partial charge in [-0.25, -0.2) is 9.59 Å². The number of esters is 2. The molecule has 2 aromatic rings. The lowest BCUT2D eigenvalue weighted by Gasteiger charge is -2.05. The van der Waals surface area contributed by atoms with Crippen LogP contribution in [0.15, 0.2) is 33.2 Å². The van der Waals surface area contributed by atoms with Crippen LogP contribution in [-0.2, 0) is 9.47 Å². The Balaban J connectivity index is 2.72. The zero-order valence-corrected chi connectivity index (χ0v) is 14.4. The Morgan fingerprint density at radius 2 is 1.78 bits per heavy atom. The molecule has 0 aliphatic rings. The highest BCUT2D eigenvalue weighted by atomic mass is 79.9. The standard InChI is InChI=1S/C16H15BrO6/c1-4-22-15(19)13-11(9-5-7-10(17)8-6-9)12(14(18)20-2)16(21-3)23-13/h5-8H,4H2,1-3H3. The summed E-state index contributed by atoms with van der Waals surface area (Å²) in [5.41, 5.74) is 0.920. The maximum Gasteiger partial charge on any atom is 0.375 e. The van der Waals surface area contributed by atoms with Crippen LogP contribution in [0, 0.1) is 0 Å². The van der Waals surface area contributed by atoms with E-state index < -0.39 is 11.9 Å². The predicted molar refractivity (Wildman–Crippen MR) is 85.7 cm³/mol. The minimum atomic E-state index is -0.682. The van der Waals surface area contributed by atoms with Crippen molar-refractivity contribution in [3.8, 4) is 17.1 Å². The van der Waals surface area contributed by atoms with Crippen LogP contribution in [0.1, 0.15) is 27.8 Å². The smallest absolute Gasteiger partial charge is 0.375 e. The number of ether oxygens (including phenoxy) is 3. The number of halogens is 1. The molecule has 0 fully saturated rings. The van der Waals surface area contributed by atoms with Crippen LogP contribution < -0.4 is 4.74 Å². The van der Waals surface area contributed by atoms with Crippen LogP contribution >= 0.6 is 15.9 Å². The second-order valence-electron chi connectivity index (χ2n) is 4.39. The van der Waals surface area contributed by atoms with Gasteiger partial charge in [-0.1, -0.05) is 28.1 Å². The van der Waals surface area contributed by atoms with Gasteiger partial charge in [-0.2, -0.15) is 0 Å². The Bertz CT molecular complexity index is 717. The number of benzene rings is 1. The summed E-state index contributed by atoms with van der Waals surface area (Å²) in [5, 5.41) is 0. The fraction of sp³-hybridized carbons (Fsp3) is 0.250. The third-order valence-electron chi connectivity index (χ3n) is 3.04. The van der Waals surface area contributed by atoms with E-state index in [0.717, 1.165) is 4.47 Å². The summed E-state index contributed by atoms with van der Waals surface area (Å²) < 4.78 is 21.1. The molecule has 0 aliphatic carbocycles. The van der Waals surface area contributed by atoms with Crippen molar-refractivity contribution in [2.24, 2.45) is 0 Å². The lowest BCUT2D eigenvalue weighted by Crippen LogP contribution is -2.07. The number of hydrogen-bond donors (Lipinski definition) is 0. The topological polar surface area (TPSA) is 75.0 Å². The second kappa shape index (κ2) is 7.32. The molecule has 0 atom stereocenters. The quantitative estimate of drug-likeness (QED) is 0.734. The predicted octanol–water partition coefficient (Wildman–Crippen LogP) is 3.68. The lowest BCUT2D eigenvalue weighted by atomic mass is 10.0. The molecule has 0 bridgehead atoms. The van der Waals surface area contributed by atoms with Crippen molar-refractivity contribution in [1.82, 2.24) is 0 Å². The van der Waals surface area contributed by atoms with E-state index in [0.29, 0.717) is 5.56 Å². The average molecular weight is 383 g/mol. The van der Waals surface area contributed by atoms with Gasteiger partial charge in [-0.15, -0.1) is 0 Å². The lowest BCUT2D eigenvalue weighted by molar-refractivity contribution is 0.0483. The van der Waals surface area contributed by atoms with Gasteiger partial charge in [0, 0.05) is 4.47 Å². The first-order valence-electron chi connectivity index (χ1n) is 6.75. The van der Waals surface area contributed by atoms with E-state index in [1.807, 2.05) is 0 Å². The molecular formula is C16H15BrO6. The summed E-state index contributed by atoms with van der Waals surface area (Å²) in [4.78, 5) is 24.3. The molecular weight excluding hydrogens is 368 g/mol. The minimum Gasteiger partial charge on any atom is -0.468 e. The first kappa shape index (κ1) is 17.1. The van der Waals surface area contributed by atoms with Gasteiger partial charge in [-0.05, 0) is 24.6 Å². The maximum absolute atomic E-state index is 12.2. The molecule has 122 valence electrons. The van der Waals surface area contributed by atoms with E-state index >= 15 is 0 Å². The summed E-state index contributed by atoms with van der Waals surface area (Å²) in [6.07, 6.45) is 0. The van der Waals surface area contributed by atoms with Gasteiger partial charge < -0.3 is 18.6 Å². The van der Waals surface area contributed by atoms with Crippen LogP contribution in [-0.4, -0.2) is 32.8 Å². The Morgan fingerprint density at radius 3 is 2.30 bits per heavy atom. The van der Waals surface area contributed by atoms with Gasteiger partial charge in [0.15, 0.2) is 5.56 Å². The molecule has 0 saturated carbocycles. The number of carbonyl (C=O) groups excluding carboxylic acids is 2. The molecule has 1 aromatic heterocycles. The van der Waals surface area contributed by atoms with Gasteiger partial charge in [-0.3, -0.25) is 0 Å². The monoisotopic (exact) mass is 382 g/mol. The summed E-state index contributed by atoms with van der Waals surface area (Å²) >= 11 is 3.34. The van der Waals surface area contributed by atoms with Crippen LogP contribution in [0.5, 0.6) is 5.95 Å². The first-order chi connectivity index (χ1) is 11.0. The van der Waals surface area contributed by atoms with Gasteiger partial charge in [0.2, 0.25) is 5.76 Å². The van der Waals surface area contributed by atoms with E-state index in [9.17, 15) is 9.59 Å². The molecule has 1 aromatic carbocycles. The summed E-state index contributed by atoms with van der Waals surface area (Å²) in [7, 11) is 2.58. The third-order valence-corrected chi connectivity index (χ3v) is 3.57. The molecule has 0 spiro atoms. The van der Waals surface area contributed by atoms with Crippen LogP contribution in [0.4, 0.5) is 0 Å². The van der Waals surface area contributed by atoms with E-state index in [-0.39, 0.29) is 29.4 Å². The Hall–Kier alpha value is -2.28. The SMILES string of the molecule is CCOC(=O)c1oc(OC)c(C(=O)OC)c1-c1ccc(Br)cc1. The van der Waals surface area contributed by atoms with Crippen molar-refractivity contribution in [3.63, 3.8) is 0 Å². The number of rotatable bonds is 5. The Kier molecular flexibility index (Phi) is 5.44. The van der Waals surface area contributed by atoms with Gasteiger partial charge in [0.25, 0.3) is 0 Å². The van der Waals surface area contributed by atoms with Crippen molar-refractivity contribution in [2.45, 2.75) is 6.92 Å². The summed E-state index contributed by atoms with van der Waals surface area (Å²) in [6.45, 7) is 1.85. The number of methoxy groups -OCH3 is 2. The highest BCUT2D eigenvalue weighted by Gasteiger charge is 2.32. The number of carbonyl (C=O) groups is 2. The highest BCUT2D eigenvalue weighted by molar-refractivity contribution is 9.10. The number of hydrogen-bond acceptors (Lipinski definition) is 6. The highest BCUT2D eigenvalue weighted by Crippen LogP contribution is 2.38. The zero-order chi connectivity index (χ0) is 17.0. The fourth-order valence-electron chi connectivity index (χ4n) is 2.07. The van der Waals surface area contributed by atoms with Crippen molar-refractivity contribution < 1.29 is 28.2 Å². The Morgan fingerprint density at radius 1 is 1.13 bits per heavy atom. The van der Waals surface area contributed by atoms with Crippen molar-refractivity contribution in [1.29, 1.82) is 0 Å². The molecule has 0 amide bonds. The van der Waals surface area contributed by atoms with Gasteiger partial charge >= 0.3 is 17.9 Å². The molecule has 0 aliphatic heterocycles. The summed E-state index contributed by atoms with van der Waals surface area (Å²) in [5.74, 6) is -1.55. The maximum atomic E-state index is 12.2. The fourth-order valence-corrected chi connectivity index (χ4v) is 2.34. The van der Waals surface area contributed by atoms with Crippen molar-refractivity contribution in [2.75, 3.05) is 20.8 Å². The Labute approximate surface area is 141 Å². The first-order valence-corrected chi connectivity index (χ1v) is 7.54. The molecule has 0 unspecified atom stereocenters. The zero-order valence-electron chi connectivity index (χ0n) is 12.8. The van der Waals surface area contributed by atoms with E-state index in [1.165, 1.54) is 14.2 Å². The number of furan rings is 1. The average Bonchev–Trinajstić information content (AvgIpc) is 2.94. The van der Waals surface area contributed by atoms with Crippen LogP contribution in [0.25, 0.3) is 11.1 Å². The normalized spacial score (nSPS) is 10.3. The molecule has 7 heteroatoms. The van der Waals surface area contributed by atoms with Crippen LogP contribution in [0.3, 0.4) is 0 Å². The molecule has 0 N–H and O–H groups in total. The molecule has 23 heavy (non-hydrogen) atoms. The summed E-state index contributed by atoms with van der Waals surface area (Å²) in [6, 6.07) is 7.04. The van der Waals surface area contributed by atoms with E-state index in [1.54, 1.807) is 31.2 Å². The van der Waals surface area contributed by atoms with Crippen LogP contribution in [0.2, 0.25) is 0 Å². The molecule has 1 heterocycles. The van der Waals surface area contributed by atoms with Gasteiger partial charge in [0.05, 0.1) is 26.4 Å². The molecule has 0 saturated heterocycles. The molecule has 6 nitrogen and oxygen atoms in total. The van der Waals surface area contributed by atoms with E-state index in [4.69, 9.17) is 18.6 Å². The minimum absolute atomic E-state index is 0.0420. The van der Waals surface area contributed by atoms with Crippen molar-refractivity contribution in [3.05, 3.63) is 40.1 Å². The molecule has 2 rings (SSSR count). The van der Waals surface area contributed by atoms with E-state index in [2.05, 4.69) is 15.9 Å². The largest absolute Gasteiger partial charge is 0.468 e. The third kappa shape index (κ3) is 3.39. The second-order valence-corrected chi connectivity index (χ2v) is 5.31.